The maximum atomic E-state index is 13.8. The summed E-state index contributed by atoms with van der Waals surface area (Å²) in [6.07, 6.45) is -4.53. The number of hydrogen-bond acceptors (Lipinski definition) is 4. The minimum Gasteiger partial charge on any atom is -0.481 e. The molecule has 1 amide bonds. The predicted octanol–water partition coefficient (Wildman–Crippen LogP) is 3.43. The average molecular weight is 388 g/mol. The van der Waals surface area contributed by atoms with Crippen molar-refractivity contribution >= 4 is 23.2 Å². The lowest BCUT2D eigenvalue weighted by atomic mass is 9.86. The van der Waals surface area contributed by atoms with Crippen LogP contribution in [0.3, 0.4) is 0 Å². The van der Waals surface area contributed by atoms with Crippen LogP contribution in [0.1, 0.15) is 16.1 Å². The van der Waals surface area contributed by atoms with Gasteiger partial charge in [0.05, 0.1) is 6.20 Å². The van der Waals surface area contributed by atoms with Crippen molar-refractivity contribution in [1.29, 1.82) is 0 Å². The molecule has 5 nitrogen and oxygen atoms in total. The second-order valence-electron chi connectivity index (χ2n) is 5.87. The van der Waals surface area contributed by atoms with Gasteiger partial charge in [0.1, 0.15) is 15.7 Å². The fraction of sp³-hybridized carbons (Fsp3) is 0.312. The number of aliphatic carboxylic acids is 1. The Kier molecular flexibility index (Phi) is 4.47. The van der Waals surface area contributed by atoms with E-state index < -0.39 is 42.3 Å². The topological polar surface area (TPSA) is 70.5 Å². The molecule has 10 heteroatoms. The maximum Gasteiger partial charge on any atom is 0.406 e. The van der Waals surface area contributed by atoms with E-state index in [1.165, 1.54) is 18.2 Å². The molecule has 1 atom stereocenters. The van der Waals surface area contributed by atoms with E-state index >= 15 is 0 Å². The first-order chi connectivity index (χ1) is 12.2. The molecule has 0 radical (unpaired) electrons. The van der Waals surface area contributed by atoms with Gasteiger partial charge < -0.3 is 10.0 Å². The Bertz CT molecular complexity index is 867. The zero-order valence-electron chi connectivity index (χ0n) is 13.1. The molecule has 0 saturated carbocycles. The number of amides is 1. The van der Waals surface area contributed by atoms with E-state index in [2.05, 4.69) is 4.98 Å². The molecule has 1 unspecified atom stereocenters. The third kappa shape index (κ3) is 2.94. The van der Waals surface area contributed by atoms with E-state index in [9.17, 15) is 27.2 Å². The van der Waals surface area contributed by atoms with Crippen LogP contribution < -0.4 is 0 Å². The van der Waals surface area contributed by atoms with Gasteiger partial charge in [-0.25, -0.2) is 9.37 Å². The molecule has 26 heavy (non-hydrogen) atoms. The molecule has 1 N–H and O–H groups in total. The standard InChI is InChI=1S/C16H12F4N2O3S/c17-10-4-2-1-3-9(10)12-21-7-11(26-12)13(23)22-6-5-15(8-22,14(24)25)16(18,19)20/h1-4,7H,5-6,8H2,(H,24,25). The molecule has 1 saturated heterocycles. The Hall–Kier alpha value is -2.49. The van der Waals surface area contributed by atoms with Crippen molar-refractivity contribution in [3.63, 3.8) is 0 Å². The van der Waals surface area contributed by atoms with E-state index in [-0.39, 0.29) is 22.0 Å². The lowest BCUT2D eigenvalue weighted by Crippen LogP contribution is -2.47. The van der Waals surface area contributed by atoms with E-state index in [0.717, 1.165) is 22.4 Å². The Balaban J connectivity index is 1.84. The molecule has 1 aliphatic rings. The van der Waals surface area contributed by atoms with Gasteiger partial charge in [0.25, 0.3) is 5.91 Å². The largest absolute Gasteiger partial charge is 0.481 e. The third-order valence-electron chi connectivity index (χ3n) is 4.33. The lowest BCUT2D eigenvalue weighted by Gasteiger charge is -2.27. The molecule has 1 aliphatic heterocycles. The minimum absolute atomic E-state index is 0.0200. The number of likely N-dealkylation sites (tertiary alicyclic amines) is 1. The zero-order valence-corrected chi connectivity index (χ0v) is 13.9. The Morgan fingerprint density at radius 1 is 1.27 bits per heavy atom. The number of carboxylic acids is 1. The van der Waals surface area contributed by atoms with Gasteiger partial charge in [-0.15, -0.1) is 11.3 Å². The first-order valence-electron chi connectivity index (χ1n) is 7.46. The monoisotopic (exact) mass is 388 g/mol. The van der Waals surface area contributed by atoms with Crippen LogP contribution in [-0.2, 0) is 4.79 Å². The second-order valence-corrected chi connectivity index (χ2v) is 6.90. The Morgan fingerprint density at radius 3 is 2.54 bits per heavy atom. The molecule has 0 bridgehead atoms. The van der Waals surface area contributed by atoms with Crippen molar-refractivity contribution in [3.8, 4) is 10.6 Å². The first kappa shape index (κ1) is 18.3. The van der Waals surface area contributed by atoms with Crippen molar-refractivity contribution < 1.29 is 32.3 Å². The number of carboxylic acid groups (broad SMARTS) is 1. The number of halogens is 4. The van der Waals surface area contributed by atoms with Crippen LogP contribution in [0, 0.1) is 11.2 Å². The Labute approximate surface area is 148 Å². The summed E-state index contributed by atoms with van der Waals surface area (Å²) in [6.45, 7) is -1.30. The highest BCUT2D eigenvalue weighted by molar-refractivity contribution is 7.16. The summed E-state index contributed by atoms with van der Waals surface area (Å²) in [6, 6.07) is 5.78. The van der Waals surface area contributed by atoms with Gasteiger partial charge in [-0.3, -0.25) is 9.59 Å². The number of hydrogen-bond donors (Lipinski definition) is 1. The van der Waals surface area contributed by atoms with Crippen molar-refractivity contribution in [1.82, 2.24) is 9.88 Å². The van der Waals surface area contributed by atoms with Gasteiger partial charge in [-0.1, -0.05) is 12.1 Å². The smallest absolute Gasteiger partial charge is 0.406 e. The van der Waals surface area contributed by atoms with Gasteiger partial charge >= 0.3 is 12.1 Å². The molecule has 138 valence electrons. The zero-order chi connectivity index (χ0) is 19.1. The van der Waals surface area contributed by atoms with E-state index in [1.807, 2.05) is 0 Å². The van der Waals surface area contributed by atoms with E-state index in [1.54, 1.807) is 6.07 Å². The molecule has 2 aromatic rings. The number of nitrogens with zero attached hydrogens (tertiary/aromatic N) is 2. The van der Waals surface area contributed by atoms with Gasteiger partial charge in [-0.05, 0) is 18.6 Å². The van der Waals surface area contributed by atoms with Gasteiger partial charge in [0, 0.05) is 18.7 Å². The van der Waals surface area contributed by atoms with Crippen LogP contribution >= 0.6 is 11.3 Å². The quantitative estimate of drug-likeness (QED) is 0.818. The van der Waals surface area contributed by atoms with Crippen LogP contribution in [0.5, 0.6) is 0 Å². The number of rotatable bonds is 3. The summed E-state index contributed by atoms with van der Waals surface area (Å²) in [7, 11) is 0. The van der Waals surface area contributed by atoms with Gasteiger partial charge in [0.2, 0.25) is 0 Å². The summed E-state index contributed by atoms with van der Waals surface area (Å²) in [4.78, 5) is 28.5. The van der Waals surface area contributed by atoms with Crippen LogP contribution in [0.4, 0.5) is 17.6 Å². The minimum atomic E-state index is -4.97. The van der Waals surface area contributed by atoms with Gasteiger partial charge in [0.15, 0.2) is 5.41 Å². The van der Waals surface area contributed by atoms with Crippen molar-refractivity contribution in [2.75, 3.05) is 13.1 Å². The van der Waals surface area contributed by atoms with Crippen LogP contribution in [0.25, 0.3) is 10.6 Å². The number of benzene rings is 1. The summed E-state index contributed by atoms with van der Waals surface area (Å²) in [5, 5.41) is 9.26. The average Bonchev–Trinajstić information content (AvgIpc) is 3.22. The summed E-state index contributed by atoms with van der Waals surface area (Å²) in [5.74, 6) is -3.29. The van der Waals surface area contributed by atoms with E-state index in [4.69, 9.17) is 5.11 Å². The molecule has 2 heterocycles. The van der Waals surface area contributed by atoms with Crippen LogP contribution in [0.2, 0.25) is 0 Å². The van der Waals surface area contributed by atoms with Crippen LogP contribution in [-0.4, -0.2) is 46.1 Å². The van der Waals surface area contributed by atoms with Crippen LogP contribution in [0.15, 0.2) is 30.5 Å². The maximum absolute atomic E-state index is 13.8. The fourth-order valence-electron chi connectivity index (χ4n) is 2.80. The van der Waals surface area contributed by atoms with Gasteiger partial charge in [-0.2, -0.15) is 13.2 Å². The molecule has 3 rings (SSSR count). The third-order valence-corrected chi connectivity index (χ3v) is 5.35. The van der Waals surface area contributed by atoms with Crippen molar-refractivity contribution in [3.05, 3.63) is 41.2 Å². The molecule has 1 aromatic carbocycles. The highest BCUT2D eigenvalue weighted by Crippen LogP contribution is 2.46. The normalized spacial score (nSPS) is 20.4. The second kappa shape index (κ2) is 6.35. The Morgan fingerprint density at radius 2 is 1.96 bits per heavy atom. The molecule has 0 aliphatic carbocycles. The lowest BCUT2D eigenvalue weighted by molar-refractivity contribution is -0.227. The molecular formula is C16H12F4N2O3S. The summed E-state index contributed by atoms with van der Waals surface area (Å²) in [5.41, 5.74) is -2.80. The molecule has 1 aromatic heterocycles. The van der Waals surface area contributed by atoms with Crippen molar-refractivity contribution in [2.45, 2.75) is 12.6 Å². The number of thiazole rings is 1. The molecular weight excluding hydrogens is 376 g/mol. The first-order valence-corrected chi connectivity index (χ1v) is 8.27. The molecule has 1 fully saturated rings. The summed E-state index contributed by atoms with van der Waals surface area (Å²) >= 11 is 0.840. The number of aromatic nitrogens is 1. The van der Waals surface area contributed by atoms with E-state index in [0.29, 0.717) is 0 Å². The number of carbonyl (C=O) groups excluding carboxylic acids is 1. The fourth-order valence-corrected chi connectivity index (χ4v) is 3.71. The number of alkyl halides is 3. The molecule has 0 spiro atoms. The number of carbonyl (C=O) groups is 2. The predicted molar refractivity (Wildman–Crippen MR) is 84.2 cm³/mol. The highest BCUT2D eigenvalue weighted by atomic mass is 32.1. The SMILES string of the molecule is O=C(c1cnc(-c2ccccc2F)s1)N1CCC(C(=O)O)(C(F)(F)F)C1. The van der Waals surface area contributed by atoms with Crippen molar-refractivity contribution in [2.24, 2.45) is 5.41 Å². The summed E-state index contributed by atoms with van der Waals surface area (Å²) < 4.78 is 53.4. The highest BCUT2D eigenvalue weighted by Gasteiger charge is 2.64.